The molecule has 0 saturated carbocycles. The van der Waals surface area contributed by atoms with Crippen LogP contribution in [0.3, 0.4) is 0 Å². The number of ether oxygens (including phenoxy) is 2. The summed E-state index contributed by atoms with van der Waals surface area (Å²) in [5.41, 5.74) is 3.35. The molecule has 0 bridgehead atoms. The number of carbonyl (C=O) groups excluding carboxylic acids is 1. The second kappa shape index (κ2) is 5.87. The van der Waals surface area contributed by atoms with Gasteiger partial charge in [0.1, 0.15) is 0 Å². The van der Waals surface area contributed by atoms with Gasteiger partial charge in [-0.05, 0) is 12.1 Å². The maximum atomic E-state index is 12.3. The number of carbonyl (C=O) groups is 1. The molecule has 8 heteroatoms. The number of halogens is 2. The van der Waals surface area contributed by atoms with Crippen molar-refractivity contribution in [2.45, 2.75) is 6.61 Å². The van der Waals surface area contributed by atoms with E-state index in [2.05, 4.69) is 15.3 Å². The molecule has 5 nitrogen and oxygen atoms in total. The minimum Gasteiger partial charge on any atom is -0.492 e. The number of rotatable bonds is 4. The molecule has 1 aliphatic rings. The van der Waals surface area contributed by atoms with E-state index in [4.69, 9.17) is 4.74 Å². The summed E-state index contributed by atoms with van der Waals surface area (Å²) in [4.78, 5) is 11.0. The topological polar surface area (TPSA) is 59.9 Å². The van der Waals surface area contributed by atoms with Gasteiger partial charge in [0.05, 0.1) is 12.8 Å². The Morgan fingerprint density at radius 3 is 2.84 bits per heavy atom. The maximum Gasteiger partial charge on any atom is 0.387 e. The summed E-state index contributed by atoms with van der Waals surface area (Å²) in [6.07, 6.45) is 0. The lowest BCUT2D eigenvalue weighted by Crippen LogP contribution is -2.24. The fourth-order valence-electron chi connectivity index (χ4n) is 1.59. The Balaban J connectivity index is 2.37. The third kappa shape index (κ3) is 3.14. The van der Waals surface area contributed by atoms with E-state index in [1.807, 2.05) is 0 Å². The van der Waals surface area contributed by atoms with Crippen molar-refractivity contribution >= 4 is 22.7 Å². The summed E-state index contributed by atoms with van der Waals surface area (Å²) < 4.78 is 34.1. The van der Waals surface area contributed by atoms with Crippen LogP contribution in [0, 0.1) is 0 Å². The molecular formula is C11H10F2N2O3S. The Morgan fingerprint density at radius 1 is 1.47 bits per heavy atom. The van der Waals surface area contributed by atoms with E-state index in [9.17, 15) is 13.6 Å². The first kappa shape index (κ1) is 13.6. The van der Waals surface area contributed by atoms with Gasteiger partial charge in [-0.1, -0.05) is 17.8 Å². The second-order valence-corrected chi connectivity index (χ2v) is 4.41. The zero-order valence-electron chi connectivity index (χ0n) is 9.85. The number of para-hydroxylation sites is 1. The number of hydrogen-bond donors (Lipinski definition) is 1. The number of methoxy groups -OCH3 is 1. The third-order valence-electron chi connectivity index (χ3n) is 2.33. The van der Waals surface area contributed by atoms with E-state index in [0.29, 0.717) is 17.0 Å². The van der Waals surface area contributed by atoms with Crippen molar-refractivity contribution in [1.29, 1.82) is 0 Å². The van der Waals surface area contributed by atoms with Crippen molar-refractivity contribution in [2.75, 3.05) is 12.9 Å². The third-order valence-corrected chi connectivity index (χ3v) is 3.10. The second-order valence-electron chi connectivity index (χ2n) is 3.46. The van der Waals surface area contributed by atoms with Crippen molar-refractivity contribution in [3.05, 3.63) is 23.8 Å². The largest absolute Gasteiger partial charge is 0.492 e. The molecule has 1 aliphatic heterocycles. The molecule has 2 rings (SSSR count). The molecule has 0 atom stereocenters. The molecule has 0 aromatic heterocycles. The van der Waals surface area contributed by atoms with Crippen LogP contribution in [-0.4, -0.2) is 30.4 Å². The highest BCUT2D eigenvalue weighted by Crippen LogP contribution is 2.33. The summed E-state index contributed by atoms with van der Waals surface area (Å²) in [6, 6.07) is 4.59. The number of nitrogens with zero attached hydrogens (tertiary/aromatic N) is 1. The molecule has 0 saturated heterocycles. The van der Waals surface area contributed by atoms with E-state index in [1.165, 1.54) is 13.2 Å². The summed E-state index contributed by atoms with van der Waals surface area (Å²) in [5.74, 6) is 0.429. The number of hydrazone groups is 1. The highest BCUT2D eigenvalue weighted by atomic mass is 32.2. The van der Waals surface area contributed by atoms with Gasteiger partial charge in [-0.3, -0.25) is 4.79 Å². The van der Waals surface area contributed by atoms with Gasteiger partial charge in [0.15, 0.2) is 11.5 Å². The molecule has 0 aliphatic carbocycles. The van der Waals surface area contributed by atoms with Crippen LogP contribution >= 0.6 is 11.8 Å². The Morgan fingerprint density at radius 2 is 2.26 bits per heavy atom. The first-order valence-corrected chi connectivity index (χ1v) is 6.22. The van der Waals surface area contributed by atoms with Gasteiger partial charge in [-0.25, -0.2) is 5.43 Å². The Hall–Kier alpha value is -1.83. The van der Waals surface area contributed by atoms with Crippen LogP contribution in [0.2, 0.25) is 0 Å². The van der Waals surface area contributed by atoms with Crippen molar-refractivity contribution in [2.24, 2.45) is 5.10 Å². The Bertz CT molecular complexity index is 523. The molecule has 1 aromatic rings. The van der Waals surface area contributed by atoms with Gasteiger partial charge in [0.2, 0.25) is 0 Å². The molecular weight excluding hydrogens is 278 g/mol. The standard InChI is InChI=1S/C11H10F2N2O3S/c1-17-9-6(7-5-19-11(16)15-14-7)3-2-4-8(9)18-10(12)13/h2-4,10H,5H2,1H3,(H,15,16). The number of amides is 1. The van der Waals surface area contributed by atoms with Gasteiger partial charge in [0, 0.05) is 11.3 Å². The van der Waals surface area contributed by atoms with Crippen LogP contribution in [0.4, 0.5) is 13.6 Å². The van der Waals surface area contributed by atoms with Crippen LogP contribution < -0.4 is 14.9 Å². The van der Waals surface area contributed by atoms with Crippen LogP contribution in [0.1, 0.15) is 5.56 Å². The first-order chi connectivity index (χ1) is 9.11. The molecule has 1 amide bonds. The average molecular weight is 288 g/mol. The van der Waals surface area contributed by atoms with E-state index >= 15 is 0 Å². The Kier molecular flexibility index (Phi) is 4.20. The maximum absolute atomic E-state index is 12.3. The van der Waals surface area contributed by atoms with Gasteiger partial charge in [-0.15, -0.1) is 0 Å². The smallest absolute Gasteiger partial charge is 0.387 e. The van der Waals surface area contributed by atoms with E-state index in [-0.39, 0.29) is 16.7 Å². The molecule has 0 unspecified atom stereocenters. The number of alkyl halides is 2. The summed E-state index contributed by atoms with van der Waals surface area (Å²) >= 11 is 1.03. The lowest BCUT2D eigenvalue weighted by atomic mass is 10.1. The van der Waals surface area contributed by atoms with Gasteiger partial charge < -0.3 is 9.47 Å². The SMILES string of the molecule is COc1c(OC(F)F)cccc1C1=NNC(=O)SC1. The van der Waals surface area contributed by atoms with Gasteiger partial charge in [0.25, 0.3) is 5.24 Å². The minimum absolute atomic E-state index is 0.0698. The van der Waals surface area contributed by atoms with Crippen LogP contribution in [0.5, 0.6) is 11.5 Å². The fourth-order valence-corrected chi connectivity index (χ4v) is 2.19. The molecule has 1 aromatic carbocycles. The van der Waals surface area contributed by atoms with E-state index in [0.717, 1.165) is 11.8 Å². The molecule has 0 spiro atoms. The van der Waals surface area contributed by atoms with Crippen molar-refractivity contribution < 1.29 is 23.0 Å². The van der Waals surface area contributed by atoms with Crippen LogP contribution in [0.25, 0.3) is 0 Å². The molecule has 0 fully saturated rings. The highest BCUT2D eigenvalue weighted by Gasteiger charge is 2.21. The van der Waals surface area contributed by atoms with Crippen LogP contribution in [-0.2, 0) is 0 Å². The Labute approximate surface area is 112 Å². The van der Waals surface area contributed by atoms with Gasteiger partial charge in [-0.2, -0.15) is 13.9 Å². The quantitative estimate of drug-likeness (QED) is 0.924. The summed E-state index contributed by atoms with van der Waals surface area (Å²) in [6.45, 7) is -2.94. The molecule has 0 radical (unpaired) electrons. The van der Waals surface area contributed by atoms with Crippen molar-refractivity contribution in [1.82, 2.24) is 5.43 Å². The van der Waals surface area contributed by atoms with Crippen molar-refractivity contribution in [3.63, 3.8) is 0 Å². The summed E-state index contributed by atoms with van der Waals surface area (Å²) in [7, 11) is 1.35. The van der Waals surface area contributed by atoms with E-state index < -0.39 is 6.61 Å². The molecule has 1 N–H and O–H groups in total. The fraction of sp³-hybridized carbons (Fsp3) is 0.273. The zero-order chi connectivity index (χ0) is 13.8. The normalized spacial score (nSPS) is 14.9. The predicted molar refractivity (Wildman–Crippen MR) is 67.2 cm³/mol. The number of thioether (sulfide) groups is 1. The minimum atomic E-state index is -2.94. The summed E-state index contributed by atoms with van der Waals surface area (Å²) in [5, 5.41) is 3.62. The molecule has 102 valence electrons. The number of benzene rings is 1. The zero-order valence-corrected chi connectivity index (χ0v) is 10.7. The monoisotopic (exact) mass is 288 g/mol. The van der Waals surface area contributed by atoms with Crippen molar-refractivity contribution in [3.8, 4) is 11.5 Å². The highest BCUT2D eigenvalue weighted by molar-refractivity contribution is 8.14. The predicted octanol–water partition coefficient (Wildman–Crippen LogP) is 2.46. The lowest BCUT2D eigenvalue weighted by Gasteiger charge is -2.16. The van der Waals surface area contributed by atoms with E-state index in [1.54, 1.807) is 12.1 Å². The lowest BCUT2D eigenvalue weighted by molar-refractivity contribution is -0.0512. The molecule has 1 heterocycles. The average Bonchev–Trinajstić information content (AvgIpc) is 2.38. The molecule has 19 heavy (non-hydrogen) atoms. The van der Waals surface area contributed by atoms with Gasteiger partial charge >= 0.3 is 6.61 Å². The first-order valence-electron chi connectivity index (χ1n) is 5.23. The number of hydrogen-bond acceptors (Lipinski definition) is 5. The number of nitrogens with one attached hydrogen (secondary N) is 1. The van der Waals surface area contributed by atoms with Crippen LogP contribution in [0.15, 0.2) is 23.3 Å².